The molecule has 0 radical (unpaired) electrons. The Balaban J connectivity index is 2.03. The van der Waals surface area contributed by atoms with E-state index in [0.29, 0.717) is 25.1 Å². The van der Waals surface area contributed by atoms with Crippen molar-refractivity contribution in [1.29, 1.82) is 0 Å². The molecule has 6 N–H and O–H groups in total. The first-order valence-corrected chi connectivity index (χ1v) is 14.3. The zero-order chi connectivity index (χ0) is 31.3. The maximum Gasteiger partial charge on any atom is 0.407 e. The van der Waals surface area contributed by atoms with Gasteiger partial charge in [0.1, 0.15) is 17.7 Å². The van der Waals surface area contributed by atoms with E-state index >= 15 is 0 Å². The van der Waals surface area contributed by atoms with Crippen LogP contribution in [0.15, 0.2) is 24.3 Å². The highest BCUT2D eigenvalue weighted by atomic mass is 16.6. The van der Waals surface area contributed by atoms with Gasteiger partial charge in [0.2, 0.25) is 11.8 Å². The average Bonchev–Trinajstić information content (AvgIpc) is 2.89. The van der Waals surface area contributed by atoms with Crippen molar-refractivity contribution in [2.45, 2.75) is 90.4 Å². The van der Waals surface area contributed by atoms with Gasteiger partial charge in [-0.3, -0.25) is 9.59 Å². The summed E-state index contributed by atoms with van der Waals surface area (Å²) in [6.45, 7) is 9.76. The van der Waals surface area contributed by atoms with Gasteiger partial charge in [-0.1, -0.05) is 26.0 Å². The number of hydrogen-bond donors (Lipinski definition) is 6. The molecule has 0 aliphatic carbocycles. The fourth-order valence-corrected chi connectivity index (χ4v) is 4.05. The Morgan fingerprint density at radius 1 is 1.12 bits per heavy atom. The molecule has 2 bridgehead atoms. The number of fused-ring (bicyclic) bond motifs is 12. The molecule has 1 aromatic rings. The molecule has 0 spiro atoms. The number of anilines is 1. The van der Waals surface area contributed by atoms with Crippen LogP contribution in [0.25, 0.3) is 0 Å². The lowest BCUT2D eigenvalue weighted by Crippen LogP contribution is -2.56. The molecule has 13 nitrogen and oxygen atoms in total. The van der Waals surface area contributed by atoms with Gasteiger partial charge in [0.05, 0.1) is 25.7 Å². The van der Waals surface area contributed by atoms with Gasteiger partial charge in [-0.05, 0) is 63.6 Å². The van der Waals surface area contributed by atoms with Gasteiger partial charge in [-0.2, -0.15) is 0 Å². The molecular weight excluding hydrogens is 546 g/mol. The summed E-state index contributed by atoms with van der Waals surface area (Å²) in [5, 5.41) is 23.1. The topological polar surface area (TPSA) is 184 Å². The number of hydrogen-bond acceptors (Lipinski definition) is 7. The molecule has 3 rings (SSSR count). The van der Waals surface area contributed by atoms with E-state index in [9.17, 15) is 29.1 Å². The Labute approximate surface area is 246 Å². The van der Waals surface area contributed by atoms with Crippen LogP contribution < -0.4 is 26.6 Å². The van der Waals surface area contributed by atoms with Crippen LogP contribution in [0.5, 0.6) is 0 Å². The number of carbonyl (C=O) groups is 5. The molecule has 0 saturated carbocycles. The molecule has 3 atom stereocenters. The largest absolute Gasteiger partial charge is 0.480 e. The Hall–Kier alpha value is -3.87. The monoisotopic (exact) mass is 591 g/mol. The third-order valence-corrected chi connectivity index (χ3v) is 6.39. The first kappa shape index (κ1) is 34.3. The normalized spacial score (nSPS) is 19.0. The van der Waals surface area contributed by atoms with E-state index < -0.39 is 41.7 Å². The lowest BCUT2D eigenvalue weighted by Gasteiger charge is -2.26. The van der Waals surface area contributed by atoms with Gasteiger partial charge in [0.25, 0.3) is 0 Å². The predicted octanol–water partition coefficient (Wildman–Crippen LogP) is 2.54. The molecule has 1 unspecified atom stereocenters. The number of nitrogens with one attached hydrogen (secondary N) is 5. The van der Waals surface area contributed by atoms with Crippen molar-refractivity contribution < 1.29 is 38.6 Å². The Bertz CT molecular complexity index is 1070. The van der Waals surface area contributed by atoms with Crippen LogP contribution >= 0.6 is 0 Å². The molecule has 2 aliphatic heterocycles. The van der Waals surface area contributed by atoms with E-state index in [1.807, 2.05) is 13.8 Å². The maximum absolute atomic E-state index is 13.3. The van der Waals surface area contributed by atoms with E-state index in [4.69, 9.17) is 9.47 Å². The number of unbranched alkanes of at least 4 members (excludes halogenated alkanes) is 1. The van der Waals surface area contributed by atoms with E-state index in [-0.39, 0.29) is 50.3 Å². The first-order chi connectivity index (χ1) is 19.7. The smallest absolute Gasteiger partial charge is 0.407 e. The minimum atomic E-state index is -1.22. The van der Waals surface area contributed by atoms with Gasteiger partial charge >= 0.3 is 18.1 Å². The van der Waals surface area contributed by atoms with Crippen LogP contribution in [0.2, 0.25) is 0 Å². The van der Waals surface area contributed by atoms with Crippen molar-refractivity contribution in [1.82, 2.24) is 21.3 Å². The third kappa shape index (κ3) is 13.2. The molecule has 0 aromatic heterocycles. The second-order valence-corrected chi connectivity index (χ2v) is 11.6. The van der Waals surface area contributed by atoms with E-state index in [1.54, 1.807) is 45.0 Å². The molecule has 13 heteroatoms. The van der Waals surface area contributed by atoms with Crippen molar-refractivity contribution in [3.8, 4) is 0 Å². The van der Waals surface area contributed by atoms with Crippen LogP contribution in [0, 0.1) is 5.92 Å². The zero-order valence-corrected chi connectivity index (χ0v) is 25.1. The first-order valence-electron chi connectivity index (χ1n) is 14.3. The third-order valence-electron chi connectivity index (χ3n) is 6.39. The van der Waals surface area contributed by atoms with Crippen LogP contribution in [0.1, 0.15) is 65.9 Å². The Kier molecular flexibility index (Phi) is 13.5. The fraction of sp³-hybridized carbons (Fsp3) is 0.621. The van der Waals surface area contributed by atoms with Crippen LogP contribution in [0.3, 0.4) is 0 Å². The van der Waals surface area contributed by atoms with E-state index in [1.165, 1.54) is 0 Å². The minimum absolute atomic E-state index is 0.00740. The number of carbonyl (C=O) groups excluding carboxylic acids is 4. The minimum Gasteiger partial charge on any atom is -0.480 e. The number of rotatable bonds is 9. The highest BCUT2D eigenvalue weighted by molar-refractivity contribution is 5.91. The molecule has 234 valence electrons. The van der Waals surface area contributed by atoms with E-state index in [0.717, 1.165) is 5.56 Å². The summed E-state index contributed by atoms with van der Waals surface area (Å²) >= 11 is 0. The number of benzene rings is 1. The van der Waals surface area contributed by atoms with Crippen LogP contribution in [-0.4, -0.2) is 78.5 Å². The van der Waals surface area contributed by atoms with E-state index in [2.05, 4.69) is 26.6 Å². The standard InChI is InChI=1S/C29H45N5O8/c1-18(2)23-17-41-15-13-24(35)31-20-11-9-19(10-12-20)16-22(25(36)32-23)34-27(39)33-21(26(37)38)8-6-7-14-30-28(40)42-29(3,4)5/h9-12,18,21-23H,6-8,13-17H2,1-5H3,(H,30,40)(H,31,35)(H,32,36)(H,37,38)(H2,33,34,39)/t21?,22-,23-/m1/s1. The van der Waals surface area contributed by atoms with Gasteiger partial charge in [-0.25, -0.2) is 14.4 Å². The predicted molar refractivity (Wildman–Crippen MR) is 156 cm³/mol. The van der Waals surface area contributed by atoms with Gasteiger partial charge in [-0.15, -0.1) is 0 Å². The second kappa shape index (κ2) is 16.5. The van der Waals surface area contributed by atoms with Gasteiger partial charge < -0.3 is 41.2 Å². The maximum atomic E-state index is 13.3. The zero-order valence-electron chi connectivity index (χ0n) is 25.1. The Morgan fingerprint density at radius 3 is 2.43 bits per heavy atom. The average molecular weight is 592 g/mol. The number of carboxylic acids is 1. The molecule has 42 heavy (non-hydrogen) atoms. The van der Waals surface area contributed by atoms with Gasteiger partial charge in [0.15, 0.2) is 0 Å². The summed E-state index contributed by atoms with van der Waals surface area (Å²) in [6, 6.07) is 3.53. The molecule has 1 aromatic carbocycles. The lowest BCUT2D eigenvalue weighted by molar-refractivity contribution is -0.139. The number of amides is 5. The molecule has 5 amide bonds. The number of carboxylic acid groups (broad SMARTS) is 1. The highest BCUT2D eigenvalue weighted by Gasteiger charge is 2.27. The summed E-state index contributed by atoms with van der Waals surface area (Å²) in [7, 11) is 0. The quantitative estimate of drug-likeness (QED) is 0.237. The number of ether oxygens (including phenoxy) is 2. The molecular formula is C29H45N5O8. The summed E-state index contributed by atoms with van der Waals surface area (Å²) < 4.78 is 10.8. The lowest BCUT2D eigenvalue weighted by atomic mass is 10.0. The Morgan fingerprint density at radius 2 is 1.81 bits per heavy atom. The highest BCUT2D eigenvalue weighted by Crippen LogP contribution is 2.14. The second-order valence-electron chi connectivity index (χ2n) is 11.6. The number of aliphatic carboxylic acids is 1. The number of urea groups is 1. The van der Waals surface area contributed by atoms with Crippen LogP contribution in [0.4, 0.5) is 15.3 Å². The summed E-state index contributed by atoms with van der Waals surface area (Å²) in [4.78, 5) is 62.0. The molecule has 0 fully saturated rings. The van der Waals surface area contributed by atoms with Crippen molar-refractivity contribution >= 4 is 35.6 Å². The molecule has 2 aliphatic rings. The van der Waals surface area contributed by atoms with Crippen LogP contribution in [-0.2, 0) is 30.3 Å². The molecule has 0 saturated heterocycles. The van der Waals surface area contributed by atoms with Crippen molar-refractivity contribution in [2.75, 3.05) is 25.1 Å². The fourth-order valence-electron chi connectivity index (χ4n) is 4.05. The SMILES string of the molecule is CC(C)[C@H]1COCCC(=O)Nc2ccc(cc2)C[C@@H](NC(=O)NC(CCCCNC(=O)OC(C)(C)C)C(=O)O)C(=O)N1. The van der Waals surface area contributed by atoms with Gasteiger partial charge in [0, 0.05) is 18.7 Å². The van der Waals surface area contributed by atoms with Crippen molar-refractivity contribution in [2.24, 2.45) is 5.92 Å². The number of alkyl carbamates (subject to hydrolysis) is 1. The summed E-state index contributed by atoms with van der Waals surface area (Å²) in [5.74, 6) is -1.84. The summed E-state index contributed by atoms with van der Waals surface area (Å²) in [6.07, 6.45) is 0.749. The van der Waals surface area contributed by atoms with Crippen molar-refractivity contribution in [3.05, 3.63) is 29.8 Å². The van der Waals surface area contributed by atoms with Crippen molar-refractivity contribution in [3.63, 3.8) is 0 Å². The molecule has 2 heterocycles. The summed E-state index contributed by atoms with van der Waals surface area (Å²) in [5.41, 5.74) is 0.701.